The Morgan fingerprint density at radius 3 is 2.44 bits per heavy atom. The molecule has 1 aromatic carbocycles. The van der Waals surface area contributed by atoms with Gasteiger partial charge in [-0.2, -0.15) is 0 Å². The Labute approximate surface area is 152 Å². The minimum absolute atomic E-state index is 0.106. The Hall–Kier alpha value is -1.91. The standard InChI is InChI=1S/C21H31NO3/c1-19(23)22(15-13-20-10-6-4-7-11-20)18-21(14-17-25-3)12-8-5-9-16-24-2/h4-7,9-11,14H,8,12-13,15-18H2,1-3H3/b9-5-,21-14+. The topological polar surface area (TPSA) is 38.8 Å². The van der Waals surface area contributed by atoms with Crippen molar-refractivity contribution in [2.24, 2.45) is 0 Å². The third kappa shape index (κ3) is 9.85. The molecule has 0 aliphatic carbocycles. The SMILES string of the molecule is COC/C=C\CC/C(=C\COC)CN(CCc1ccccc1)C(C)=O. The first-order valence-corrected chi connectivity index (χ1v) is 8.77. The molecule has 4 nitrogen and oxygen atoms in total. The maximum atomic E-state index is 12.0. The molecule has 0 aliphatic heterocycles. The van der Waals surface area contributed by atoms with Crippen LogP contribution in [0, 0.1) is 0 Å². The molecule has 138 valence electrons. The molecular weight excluding hydrogens is 314 g/mol. The summed E-state index contributed by atoms with van der Waals surface area (Å²) in [4.78, 5) is 13.9. The average Bonchev–Trinajstić information content (AvgIpc) is 2.62. The number of benzene rings is 1. The zero-order valence-corrected chi connectivity index (χ0v) is 15.7. The lowest BCUT2D eigenvalue weighted by molar-refractivity contribution is -0.128. The summed E-state index contributed by atoms with van der Waals surface area (Å²) in [5.41, 5.74) is 2.48. The minimum atomic E-state index is 0.106. The summed E-state index contributed by atoms with van der Waals surface area (Å²) in [6.45, 7) is 4.22. The summed E-state index contributed by atoms with van der Waals surface area (Å²) in [7, 11) is 3.37. The normalized spacial score (nSPS) is 11.9. The highest BCUT2D eigenvalue weighted by molar-refractivity contribution is 5.73. The zero-order valence-electron chi connectivity index (χ0n) is 15.7. The number of carbonyl (C=O) groups is 1. The van der Waals surface area contributed by atoms with Crippen molar-refractivity contribution < 1.29 is 14.3 Å². The van der Waals surface area contributed by atoms with Gasteiger partial charge in [-0.3, -0.25) is 4.79 Å². The molecule has 0 spiro atoms. The van der Waals surface area contributed by atoms with E-state index in [0.717, 1.165) is 25.8 Å². The van der Waals surface area contributed by atoms with Crippen molar-refractivity contribution in [1.29, 1.82) is 0 Å². The minimum Gasteiger partial charge on any atom is -0.381 e. The zero-order chi connectivity index (χ0) is 18.3. The first-order valence-electron chi connectivity index (χ1n) is 8.77. The molecule has 4 heteroatoms. The van der Waals surface area contributed by atoms with E-state index in [1.165, 1.54) is 11.1 Å². The lowest BCUT2D eigenvalue weighted by atomic mass is 10.1. The first-order chi connectivity index (χ1) is 12.2. The second-order valence-electron chi connectivity index (χ2n) is 5.96. The number of hydrogen-bond donors (Lipinski definition) is 0. The molecule has 1 aromatic rings. The third-order valence-electron chi connectivity index (χ3n) is 3.95. The van der Waals surface area contributed by atoms with Crippen LogP contribution >= 0.6 is 0 Å². The van der Waals surface area contributed by atoms with Crippen molar-refractivity contribution in [2.45, 2.75) is 26.2 Å². The Bertz CT molecular complexity index is 537. The molecule has 0 unspecified atom stereocenters. The average molecular weight is 345 g/mol. The molecule has 0 fully saturated rings. The van der Waals surface area contributed by atoms with Crippen molar-refractivity contribution in [3.8, 4) is 0 Å². The fraction of sp³-hybridized carbons (Fsp3) is 0.476. The summed E-state index contributed by atoms with van der Waals surface area (Å²) < 4.78 is 10.2. The molecule has 0 saturated carbocycles. The number of ether oxygens (including phenoxy) is 2. The predicted molar refractivity (Wildman–Crippen MR) is 103 cm³/mol. The summed E-state index contributed by atoms with van der Waals surface area (Å²) >= 11 is 0. The largest absolute Gasteiger partial charge is 0.381 e. The van der Waals surface area contributed by atoms with Crippen LogP contribution in [-0.2, 0) is 20.7 Å². The van der Waals surface area contributed by atoms with Gasteiger partial charge in [-0.15, -0.1) is 0 Å². The third-order valence-corrected chi connectivity index (χ3v) is 3.95. The monoisotopic (exact) mass is 345 g/mol. The second-order valence-corrected chi connectivity index (χ2v) is 5.96. The highest BCUT2D eigenvalue weighted by atomic mass is 16.5. The van der Waals surface area contributed by atoms with E-state index < -0.39 is 0 Å². The molecule has 1 rings (SSSR count). The molecule has 1 amide bonds. The van der Waals surface area contributed by atoms with Gasteiger partial charge >= 0.3 is 0 Å². The van der Waals surface area contributed by atoms with Crippen molar-refractivity contribution in [3.05, 3.63) is 59.7 Å². The molecule has 0 atom stereocenters. The Balaban J connectivity index is 2.60. The number of rotatable bonds is 12. The number of amides is 1. The molecular formula is C21H31NO3. The highest BCUT2D eigenvalue weighted by Gasteiger charge is 2.11. The number of hydrogen-bond acceptors (Lipinski definition) is 3. The lowest BCUT2D eigenvalue weighted by Gasteiger charge is -2.23. The van der Waals surface area contributed by atoms with Crippen molar-refractivity contribution in [1.82, 2.24) is 4.90 Å². The van der Waals surface area contributed by atoms with Crippen LogP contribution in [0.5, 0.6) is 0 Å². The van der Waals surface area contributed by atoms with Gasteiger partial charge in [0.15, 0.2) is 0 Å². The summed E-state index contributed by atoms with van der Waals surface area (Å²) in [6, 6.07) is 10.3. The van der Waals surface area contributed by atoms with E-state index in [1.54, 1.807) is 21.1 Å². The van der Waals surface area contributed by atoms with E-state index in [0.29, 0.717) is 19.8 Å². The number of allylic oxidation sites excluding steroid dienone is 1. The molecule has 0 radical (unpaired) electrons. The molecule has 0 heterocycles. The van der Waals surface area contributed by atoms with Gasteiger partial charge in [0, 0.05) is 34.2 Å². The number of carbonyl (C=O) groups excluding carboxylic acids is 1. The maximum Gasteiger partial charge on any atom is 0.219 e. The Morgan fingerprint density at radius 1 is 1.08 bits per heavy atom. The molecule has 0 saturated heterocycles. The van der Waals surface area contributed by atoms with Gasteiger partial charge in [-0.05, 0) is 24.8 Å². The van der Waals surface area contributed by atoms with E-state index in [2.05, 4.69) is 24.3 Å². The van der Waals surface area contributed by atoms with Gasteiger partial charge in [0.1, 0.15) is 0 Å². The second kappa shape index (κ2) is 13.4. The molecule has 0 bridgehead atoms. The summed E-state index contributed by atoms with van der Waals surface area (Å²) in [5, 5.41) is 0. The quantitative estimate of drug-likeness (QED) is 0.543. The van der Waals surface area contributed by atoms with Crippen LogP contribution < -0.4 is 0 Å². The fourth-order valence-electron chi connectivity index (χ4n) is 2.50. The summed E-state index contributed by atoms with van der Waals surface area (Å²) in [6.07, 6.45) is 8.94. The van der Waals surface area contributed by atoms with E-state index in [1.807, 2.05) is 29.2 Å². The van der Waals surface area contributed by atoms with Crippen LogP contribution in [0.15, 0.2) is 54.1 Å². The van der Waals surface area contributed by atoms with Gasteiger partial charge in [0.2, 0.25) is 5.91 Å². The van der Waals surface area contributed by atoms with Crippen LogP contribution in [0.1, 0.15) is 25.3 Å². The smallest absolute Gasteiger partial charge is 0.219 e. The van der Waals surface area contributed by atoms with Crippen LogP contribution in [-0.4, -0.2) is 51.3 Å². The maximum absolute atomic E-state index is 12.0. The van der Waals surface area contributed by atoms with E-state index in [4.69, 9.17) is 9.47 Å². The predicted octanol–water partition coefficient (Wildman–Crippen LogP) is 3.63. The molecule has 0 aliphatic rings. The van der Waals surface area contributed by atoms with E-state index in [-0.39, 0.29) is 5.91 Å². The van der Waals surface area contributed by atoms with Crippen LogP contribution in [0.4, 0.5) is 0 Å². The molecule has 0 aromatic heterocycles. The Kier molecular flexibility index (Phi) is 11.3. The van der Waals surface area contributed by atoms with Crippen LogP contribution in [0.3, 0.4) is 0 Å². The Morgan fingerprint density at radius 2 is 1.80 bits per heavy atom. The fourth-order valence-corrected chi connectivity index (χ4v) is 2.50. The molecule has 0 N–H and O–H groups in total. The van der Waals surface area contributed by atoms with Gasteiger partial charge in [-0.25, -0.2) is 0 Å². The van der Waals surface area contributed by atoms with E-state index >= 15 is 0 Å². The highest BCUT2D eigenvalue weighted by Crippen LogP contribution is 2.11. The van der Waals surface area contributed by atoms with E-state index in [9.17, 15) is 4.79 Å². The first kappa shape index (κ1) is 21.1. The lowest BCUT2D eigenvalue weighted by Crippen LogP contribution is -2.32. The van der Waals surface area contributed by atoms with Gasteiger partial charge in [0.05, 0.1) is 13.2 Å². The summed E-state index contributed by atoms with van der Waals surface area (Å²) in [5.74, 6) is 0.106. The number of methoxy groups -OCH3 is 2. The van der Waals surface area contributed by atoms with Gasteiger partial charge in [0.25, 0.3) is 0 Å². The van der Waals surface area contributed by atoms with Crippen molar-refractivity contribution in [3.63, 3.8) is 0 Å². The van der Waals surface area contributed by atoms with Crippen LogP contribution in [0.25, 0.3) is 0 Å². The van der Waals surface area contributed by atoms with Gasteiger partial charge < -0.3 is 14.4 Å². The van der Waals surface area contributed by atoms with Gasteiger partial charge in [-0.1, -0.05) is 54.1 Å². The number of nitrogens with zero attached hydrogens (tertiary/aromatic N) is 1. The van der Waals surface area contributed by atoms with Crippen molar-refractivity contribution >= 4 is 5.91 Å². The van der Waals surface area contributed by atoms with Crippen LogP contribution in [0.2, 0.25) is 0 Å². The van der Waals surface area contributed by atoms with Crippen molar-refractivity contribution in [2.75, 3.05) is 40.5 Å². The molecule has 25 heavy (non-hydrogen) atoms.